The van der Waals surface area contributed by atoms with Crippen molar-refractivity contribution in [1.82, 2.24) is 5.32 Å². The third-order valence-corrected chi connectivity index (χ3v) is 4.39. The first-order valence-electron chi connectivity index (χ1n) is 8.19. The molecule has 3 nitrogen and oxygen atoms in total. The third-order valence-electron chi connectivity index (χ3n) is 4.39. The van der Waals surface area contributed by atoms with Crippen LogP contribution in [-0.2, 0) is 9.47 Å². The molecule has 0 radical (unpaired) electrons. The second-order valence-electron chi connectivity index (χ2n) is 7.52. The van der Waals surface area contributed by atoms with E-state index in [0.717, 1.165) is 19.6 Å². The van der Waals surface area contributed by atoms with Gasteiger partial charge in [-0.2, -0.15) is 0 Å². The van der Waals surface area contributed by atoms with E-state index in [1.54, 1.807) is 0 Å². The maximum absolute atomic E-state index is 6.29. The predicted molar refractivity (Wildman–Crippen MR) is 85.1 cm³/mol. The molecule has 0 aromatic carbocycles. The highest BCUT2D eigenvalue weighted by Crippen LogP contribution is 2.45. The lowest BCUT2D eigenvalue weighted by Gasteiger charge is -2.39. The van der Waals surface area contributed by atoms with Crippen molar-refractivity contribution in [2.24, 2.45) is 11.8 Å². The molecule has 1 saturated heterocycles. The van der Waals surface area contributed by atoms with Crippen molar-refractivity contribution in [3.05, 3.63) is 0 Å². The summed E-state index contributed by atoms with van der Waals surface area (Å²) in [4.78, 5) is 0. The molecule has 3 atom stereocenters. The third kappa shape index (κ3) is 4.19. The van der Waals surface area contributed by atoms with E-state index in [-0.39, 0.29) is 17.3 Å². The van der Waals surface area contributed by atoms with E-state index in [4.69, 9.17) is 9.47 Å². The minimum absolute atomic E-state index is 0.0460. The highest BCUT2D eigenvalue weighted by atomic mass is 16.5. The van der Waals surface area contributed by atoms with Gasteiger partial charge in [0.25, 0.3) is 0 Å². The first-order valence-corrected chi connectivity index (χ1v) is 8.19. The van der Waals surface area contributed by atoms with Gasteiger partial charge in [0.15, 0.2) is 0 Å². The van der Waals surface area contributed by atoms with E-state index in [1.165, 1.54) is 0 Å². The smallest absolute Gasteiger partial charge is 0.0754 e. The standard InChI is InChI=1S/C17H35NO2/c1-9-18-14(15(12(3)4)19-10-2)13-11-16(5,6)20-17(13,7)8/h12-15,18H,9-11H2,1-8H3. The topological polar surface area (TPSA) is 30.5 Å². The highest BCUT2D eigenvalue weighted by Gasteiger charge is 2.51. The van der Waals surface area contributed by atoms with Crippen molar-refractivity contribution >= 4 is 0 Å². The van der Waals surface area contributed by atoms with Gasteiger partial charge in [-0.05, 0) is 53.5 Å². The highest BCUT2D eigenvalue weighted by molar-refractivity contribution is 5.02. The summed E-state index contributed by atoms with van der Waals surface area (Å²) in [5, 5.41) is 3.68. The monoisotopic (exact) mass is 285 g/mol. The number of likely N-dealkylation sites (N-methyl/N-ethyl adjacent to an activating group) is 1. The van der Waals surface area contributed by atoms with Crippen molar-refractivity contribution in [3.63, 3.8) is 0 Å². The molecule has 1 aliphatic rings. The van der Waals surface area contributed by atoms with Gasteiger partial charge in [0.05, 0.1) is 17.3 Å². The molecule has 0 amide bonds. The van der Waals surface area contributed by atoms with Crippen molar-refractivity contribution in [3.8, 4) is 0 Å². The maximum Gasteiger partial charge on any atom is 0.0754 e. The lowest BCUT2D eigenvalue weighted by atomic mass is 9.77. The zero-order chi connectivity index (χ0) is 15.6. The van der Waals surface area contributed by atoms with E-state index in [9.17, 15) is 0 Å². The van der Waals surface area contributed by atoms with Gasteiger partial charge in [-0.25, -0.2) is 0 Å². The average molecular weight is 285 g/mol. The molecule has 1 heterocycles. The Bertz CT molecular complexity index is 299. The van der Waals surface area contributed by atoms with E-state index < -0.39 is 0 Å². The molecular weight excluding hydrogens is 250 g/mol. The Kier molecular flexibility index (Phi) is 6.06. The van der Waals surface area contributed by atoms with Gasteiger partial charge >= 0.3 is 0 Å². The molecule has 0 saturated carbocycles. The fraction of sp³-hybridized carbons (Fsp3) is 1.00. The van der Waals surface area contributed by atoms with Gasteiger partial charge in [0.1, 0.15) is 0 Å². The van der Waals surface area contributed by atoms with Crippen LogP contribution >= 0.6 is 0 Å². The van der Waals surface area contributed by atoms with Crippen molar-refractivity contribution in [1.29, 1.82) is 0 Å². The minimum atomic E-state index is -0.111. The van der Waals surface area contributed by atoms with Crippen LogP contribution < -0.4 is 5.32 Å². The summed E-state index contributed by atoms with van der Waals surface area (Å²) < 4.78 is 12.4. The van der Waals surface area contributed by atoms with Crippen molar-refractivity contribution in [2.75, 3.05) is 13.2 Å². The Morgan fingerprint density at radius 2 is 1.80 bits per heavy atom. The van der Waals surface area contributed by atoms with Crippen LogP contribution in [0.4, 0.5) is 0 Å². The number of hydrogen-bond donors (Lipinski definition) is 1. The van der Waals surface area contributed by atoms with Crippen molar-refractivity contribution in [2.45, 2.75) is 85.2 Å². The molecule has 1 fully saturated rings. The van der Waals surface area contributed by atoms with Crippen LogP contribution in [0.1, 0.15) is 61.8 Å². The van der Waals surface area contributed by atoms with E-state index in [0.29, 0.717) is 17.9 Å². The Morgan fingerprint density at radius 1 is 1.20 bits per heavy atom. The van der Waals surface area contributed by atoms with Gasteiger partial charge in [0.2, 0.25) is 0 Å². The Morgan fingerprint density at radius 3 is 2.15 bits per heavy atom. The number of nitrogens with one attached hydrogen (secondary N) is 1. The fourth-order valence-corrected chi connectivity index (χ4v) is 3.79. The molecular formula is C17H35NO2. The number of hydrogen-bond acceptors (Lipinski definition) is 3. The second kappa shape index (κ2) is 6.76. The summed E-state index contributed by atoms with van der Waals surface area (Å²) in [6, 6.07) is 0.344. The summed E-state index contributed by atoms with van der Waals surface area (Å²) in [6.07, 6.45) is 1.32. The predicted octanol–water partition coefficient (Wildman–Crippen LogP) is 3.62. The van der Waals surface area contributed by atoms with Gasteiger partial charge in [-0.1, -0.05) is 20.8 Å². The first-order chi connectivity index (χ1) is 9.14. The van der Waals surface area contributed by atoms with Crippen LogP contribution in [0.3, 0.4) is 0 Å². The normalized spacial score (nSPS) is 27.8. The van der Waals surface area contributed by atoms with Gasteiger partial charge < -0.3 is 14.8 Å². The molecule has 1 N–H and O–H groups in total. The molecule has 1 aliphatic heterocycles. The van der Waals surface area contributed by atoms with Crippen LogP contribution in [0, 0.1) is 11.8 Å². The first kappa shape index (κ1) is 17.9. The van der Waals surface area contributed by atoms with Crippen LogP contribution in [0.5, 0.6) is 0 Å². The number of rotatable bonds is 7. The molecule has 0 aromatic heterocycles. The summed E-state index contributed by atoms with van der Waals surface area (Å²) in [7, 11) is 0. The van der Waals surface area contributed by atoms with Crippen LogP contribution in [-0.4, -0.2) is 36.5 Å². The van der Waals surface area contributed by atoms with E-state index in [2.05, 4.69) is 60.7 Å². The molecule has 1 rings (SSSR count). The summed E-state index contributed by atoms with van der Waals surface area (Å²) in [5.41, 5.74) is -0.157. The average Bonchev–Trinajstić information content (AvgIpc) is 2.51. The largest absolute Gasteiger partial charge is 0.377 e. The summed E-state index contributed by atoms with van der Waals surface area (Å²) in [5.74, 6) is 0.968. The molecule has 3 heteroatoms. The molecule has 0 spiro atoms. The Labute approximate surface area is 125 Å². The zero-order valence-electron chi connectivity index (χ0n) is 14.7. The molecule has 120 valence electrons. The fourth-order valence-electron chi connectivity index (χ4n) is 3.79. The van der Waals surface area contributed by atoms with Gasteiger partial charge in [-0.15, -0.1) is 0 Å². The van der Waals surface area contributed by atoms with E-state index >= 15 is 0 Å². The SMILES string of the molecule is CCNC(C(OCC)C(C)C)C1CC(C)(C)OC1(C)C. The number of ether oxygens (including phenoxy) is 2. The molecule has 0 aliphatic carbocycles. The molecule has 20 heavy (non-hydrogen) atoms. The minimum Gasteiger partial charge on any atom is -0.377 e. The zero-order valence-corrected chi connectivity index (χ0v) is 14.7. The van der Waals surface area contributed by atoms with Crippen LogP contribution in [0.2, 0.25) is 0 Å². The van der Waals surface area contributed by atoms with Crippen molar-refractivity contribution < 1.29 is 9.47 Å². The van der Waals surface area contributed by atoms with Gasteiger partial charge in [-0.3, -0.25) is 0 Å². The Hall–Kier alpha value is -0.120. The summed E-state index contributed by atoms with van der Waals surface area (Å²) in [6.45, 7) is 19.3. The molecule has 3 unspecified atom stereocenters. The summed E-state index contributed by atoms with van der Waals surface area (Å²) >= 11 is 0. The van der Waals surface area contributed by atoms with Gasteiger partial charge in [0, 0.05) is 18.6 Å². The lowest BCUT2D eigenvalue weighted by Crippen LogP contribution is -2.53. The van der Waals surface area contributed by atoms with Crippen LogP contribution in [0.25, 0.3) is 0 Å². The quantitative estimate of drug-likeness (QED) is 0.775. The molecule has 0 aromatic rings. The van der Waals surface area contributed by atoms with E-state index in [1.807, 2.05) is 0 Å². The lowest BCUT2D eigenvalue weighted by molar-refractivity contribution is -0.0894. The van der Waals surface area contributed by atoms with Crippen LogP contribution in [0.15, 0.2) is 0 Å². The Balaban J connectivity index is 3.00. The second-order valence-corrected chi connectivity index (χ2v) is 7.52. The maximum atomic E-state index is 6.29. The molecule has 0 bridgehead atoms.